The summed E-state index contributed by atoms with van der Waals surface area (Å²) in [5, 5.41) is 3.66. The number of benzene rings is 2. The first-order chi connectivity index (χ1) is 17.4. The number of rotatable bonds is 13. The minimum Gasteiger partial charge on any atom is -0.495 e. The molecule has 0 aliphatic rings. The van der Waals surface area contributed by atoms with E-state index in [0.29, 0.717) is 34.3 Å². The molecule has 0 aromatic heterocycles. The van der Waals surface area contributed by atoms with Gasteiger partial charge in [0, 0.05) is 23.1 Å². The molecule has 8 nitrogen and oxygen atoms in total. The maximum atomic E-state index is 13.8. The Kier molecular flexibility index (Phi) is 11.5. The summed E-state index contributed by atoms with van der Waals surface area (Å²) in [7, 11) is -2.46. The molecule has 2 aromatic carbocycles. The van der Waals surface area contributed by atoms with Crippen molar-refractivity contribution in [2.24, 2.45) is 0 Å². The van der Waals surface area contributed by atoms with Gasteiger partial charge >= 0.3 is 0 Å². The second kappa shape index (κ2) is 13.9. The van der Waals surface area contributed by atoms with E-state index in [1.165, 1.54) is 12.0 Å². The number of methoxy groups -OCH3 is 1. The third kappa shape index (κ3) is 8.51. The van der Waals surface area contributed by atoms with E-state index in [4.69, 9.17) is 27.9 Å². The largest absolute Gasteiger partial charge is 0.495 e. The molecule has 0 bridgehead atoms. The van der Waals surface area contributed by atoms with Crippen molar-refractivity contribution >= 4 is 50.7 Å². The molecule has 2 aromatic rings. The zero-order valence-electron chi connectivity index (χ0n) is 21.9. The molecular weight excluding hydrogens is 537 g/mol. The molecule has 0 saturated heterocycles. The SMILES string of the molecule is CCCCNC(=O)[C@@H](CC)N(Cc1ccc(Cl)cc1Cl)C(=O)CN(c1cc(C)ccc1OC)S(C)(=O)=O. The highest BCUT2D eigenvalue weighted by atomic mass is 35.5. The Labute approximate surface area is 229 Å². The molecule has 37 heavy (non-hydrogen) atoms. The summed E-state index contributed by atoms with van der Waals surface area (Å²) in [5.41, 5.74) is 1.62. The van der Waals surface area contributed by atoms with Gasteiger partial charge in [0.1, 0.15) is 18.3 Å². The number of aryl methyl sites for hydroxylation is 1. The van der Waals surface area contributed by atoms with Crippen LogP contribution in [0.25, 0.3) is 0 Å². The zero-order chi connectivity index (χ0) is 27.8. The van der Waals surface area contributed by atoms with E-state index < -0.39 is 28.5 Å². The van der Waals surface area contributed by atoms with Gasteiger partial charge in [0.2, 0.25) is 21.8 Å². The van der Waals surface area contributed by atoms with E-state index in [1.54, 1.807) is 43.3 Å². The van der Waals surface area contributed by atoms with Crippen LogP contribution in [-0.4, -0.2) is 57.6 Å². The van der Waals surface area contributed by atoms with Crippen LogP contribution in [-0.2, 0) is 26.2 Å². The number of nitrogens with zero attached hydrogens (tertiary/aromatic N) is 2. The first kappa shape index (κ1) is 30.7. The molecule has 0 aliphatic heterocycles. The van der Waals surface area contributed by atoms with E-state index in [9.17, 15) is 18.0 Å². The van der Waals surface area contributed by atoms with Crippen LogP contribution in [0.5, 0.6) is 5.75 Å². The lowest BCUT2D eigenvalue weighted by atomic mass is 10.1. The van der Waals surface area contributed by atoms with Crippen molar-refractivity contribution in [3.05, 3.63) is 57.6 Å². The van der Waals surface area contributed by atoms with Crippen LogP contribution in [0.4, 0.5) is 5.69 Å². The Bertz CT molecular complexity index is 1210. The molecule has 0 fully saturated rings. The number of sulfonamides is 1. The third-order valence-corrected chi connectivity index (χ3v) is 7.57. The Morgan fingerprint density at radius 2 is 1.81 bits per heavy atom. The summed E-state index contributed by atoms with van der Waals surface area (Å²) in [5.74, 6) is -0.564. The monoisotopic (exact) mass is 571 g/mol. The summed E-state index contributed by atoms with van der Waals surface area (Å²) in [4.78, 5) is 28.3. The van der Waals surface area contributed by atoms with E-state index in [2.05, 4.69) is 5.32 Å². The topological polar surface area (TPSA) is 96.0 Å². The van der Waals surface area contributed by atoms with Gasteiger partial charge in [-0.25, -0.2) is 8.42 Å². The second-order valence-corrected chi connectivity index (χ2v) is 11.5. The molecule has 204 valence electrons. The lowest BCUT2D eigenvalue weighted by Crippen LogP contribution is -2.52. The van der Waals surface area contributed by atoms with Gasteiger partial charge in [-0.1, -0.05) is 55.6 Å². The van der Waals surface area contributed by atoms with E-state index in [1.807, 2.05) is 13.8 Å². The van der Waals surface area contributed by atoms with Crippen LogP contribution in [0.3, 0.4) is 0 Å². The molecule has 0 radical (unpaired) electrons. The van der Waals surface area contributed by atoms with Crippen molar-refractivity contribution in [3.8, 4) is 5.75 Å². The van der Waals surface area contributed by atoms with Crippen LogP contribution in [0.2, 0.25) is 10.0 Å². The molecule has 0 saturated carbocycles. The molecule has 1 atom stereocenters. The van der Waals surface area contributed by atoms with Gasteiger partial charge in [-0.15, -0.1) is 0 Å². The van der Waals surface area contributed by atoms with Crippen LogP contribution in [0.15, 0.2) is 36.4 Å². The van der Waals surface area contributed by atoms with Gasteiger partial charge in [0.25, 0.3) is 0 Å². The minimum absolute atomic E-state index is 0.00288. The highest BCUT2D eigenvalue weighted by Gasteiger charge is 2.33. The smallest absolute Gasteiger partial charge is 0.244 e. The molecule has 0 unspecified atom stereocenters. The first-order valence-corrected chi connectivity index (χ1v) is 14.7. The number of carbonyl (C=O) groups is 2. The average molecular weight is 573 g/mol. The normalized spacial score (nSPS) is 12.1. The standard InChI is InChI=1S/C26H35Cl2N3O5S/c1-6-8-13-29-26(33)22(7-2)30(16-19-10-11-20(27)15-21(19)28)25(32)17-31(37(5,34)35)23-14-18(3)9-12-24(23)36-4/h9-12,14-15,22H,6-8,13,16-17H2,1-5H3,(H,29,33)/t22-/m1/s1. The molecule has 11 heteroatoms. The maximum absolute atomic E-state index is 13.8. The van der Waals surface area contributed by atoms with Crippen LogP contribution < -0.4 is 14.4 Å². The van der Waals surface area contributed by atoms with Gasteiger partial charge in [-0.05, 0) is 55.2 Å². The molecule has 0 spiro atoms. The molecule has 2 amide bonds. The van der Waals surface area contributed by atoms with Gasteiger partial charge < -0.3 is 15.0 Å². The third-order valence-electron chi connectivity index (χ3n) is 5.85. The number of anilines is 1. The molecule has 1 N–H and O–H groups in total. The van der Waals surface area contributed by atoms with Gasteiger partial charge in [-0.2, -0.15) is 0 Å². The molecule has 0 heterocycles. The van der Waals surface area contributed by atoms with Gasteiger partial charge in [0.05, 0.1) is 19.1 Å². The number of hydrogen-bond acceptors (Lipinski definition) is 5. The highest BCUT2D eigenvalue weighted by Crippen LogP contribution is 2.31. The maximum Gasteiger partial charge on any atom is 0.244 e. The number of amides is 2. The molecular formula is C26H35Cl2N3O5S. The summed E-state index contributed by atoms with van der Waals surface area (Å²) in [6.45, 7) is 5.58. The quantitative estimate of drug-likeness (QED) is 0.348. The van der Waals surface area contributed by atoms with Crippen molar-refractivity contribution < 1.29 is 22.7 Å². The van der Waals surface area contributed by atoms with Crippen LogP contribution in [0.1, 0.15) is 44.2 Å². The lowest BCUT2D eigenvalue weighted by molar-refractivity contribution is -0.140. The summed E-state index contributed by atoms with van der Waals surface area (Å²) >= 11 is 12.4. The first-order valence-electron chi connectivity index (χ1n) is 12.1. The predicted molar refractivity (Wildman–Crippen MR) is 149 cm³/mol. The van der Waals surface area contributed by atoms with E-state index in [0.717, 1.165) is 29.0 Å². The highest BCUT2D eigenvalue weighted by molar-refractivity contribution is 7.92. The fourth-order valence-electron chi connectivity index (χ4n) is 3.85. The predicted octanol–water partition coefficient (Wildman–Crippen LogP) is 4.80. The minimum atomic E-state index is -3.89. The Morgan fingerprint density at radius 3 is 2.38 bits per heavy atom. The van der Waals surface area contributed by atoms with Crippen molar-refractivity contribution in [1.82, 2.24) is 10.2 Å². The van der Waals surface area contributed by atoms with Gasteiger partial charge in [0.15, 0.2) is 0 Å². The van der Waals surface area contributed by atoms with Crippen LogP contribution in [0, 0.1) is 6.92 Å². The number of halogens is 2. The summed E-state index contributed by atoms with van der Waals surface area (Å²) in [6, 6.07) is 9.13. The van der Waals surface area contributed by atoms with E-state index >= 15 is 0 Å². The zero-order valence-corrected chi connectivity index (χ0v) is 24.2. The number of carbonyl (C=O) groups excluding carboxylic acids is 2. The number of nitrogens with one attached hydrogen (secondary N) is 1. The number of ether oxygens (including phenoxy) is 1. The van der Waals surface area contributed by atoms with Crippen LogP contribution >= 0.6 is 23.2 Å². The Hall–Kier alpha value is -2.49. The van der Waals surface area contributed by atoms with Crippen molar-refractivity contribution in [2.45, 2.75) is 52.6 Å². The van der Waals surface area contributed by atoms with Crippen molar-refractivity contribution in [3.63, 3.8) is 0 Å². The van der Waals surface area contributed by atoms with Crippen molar-refractivity contribution in [1.29, 1.82) is 0 Å². The Morgan fingerprint density at radius 1 is 1.11 bits per heavy atom. The molecule has 0 aliphatic carbocycles. The second-order valence-electron chi connectivity index (χ2n) is 8.77. The molecule has 2 rings (SSSR count). The number of unbranched alkanes of at least 4 members (excludes halogenated alkanes) is 1. The summed E-state index contributed by atoms with van der Waals surface area (Å²) < 4.78 is 32.1. The Balaban J connectivity index is 2.51. The average Bonchev–Trinajstić information content (AvgIpc) is 2.83. The fourth-order valence-corrected chi connectivity index (χ4v) is 5.16. The van der Waals surface area contributed by atoms with Crippen molar-refractivity contribution in [2.75, 3.05) is 30.8 Å². The lowest BCUT2D eigenvalue weighted by Gasteiger charge is -2.33. The number of hydrogen-bond donors (Lipinski definition) is 1. The van der Waals surface area contributed by atoms with Gasteiger partial charge in [-0.3, -0.25) is 13.9 Å². The summed E-state index contributed by atoms with van der Waals surface area (Å²) in [6.07, 6.45) is 3.05. The van der Waals surface area contributed by atoms with E-state index in [-0.39, 0.29) is 18.1 Å². The fraction of sp³-hybridized carbons (Fsp3) is 0.462.